The minimum Gasteiger partial charge on any atom is -0.343 e. The summed E-state index contributed by atoms with van der Waals surface area (Å²) in [5.74, 6) is 0.323. The van der Waals surface area contributed by atoms with Gasteiger partial charge in [-0.15, -0.1) is 0 Å². The Bertz CT molecular complexity index is 178. The molecule has 1 fully saturated rings. The Kier molecular flexibility index (Phi) is 4.67. The average molecular weight is 185 g/mol. The van der Waals surface area contributed by atoms with Crippen LogP contribution >= 0.6 is 0 Å². The van der Waals surface area contributed by atoms with Gasteiger partial charge in [0.2, 0.25) is 5.91 Å². The van der Waals surface area contributed by atoms with Gasteiger partial charge >= 0.3 is 0 Å². The Morgan fingerprint density at radius 1 is 1.46 bits per heavy atom. The van der Waals surface area contributed by atoms with E-state index < -0.39 is 0 Å². The molecule has 0 N–H and O–H groups in total. The molecular weight excluding hydrogens is 166 g/mol. The maximum atomic E-state index is 11.4. The summed E-state index contributed by atoms with van der Waals surface area (Å²) in [6.45, 7) is 10.2. The molecule has 0 unspecified atom stereocenters. The Balaban J connectivity index is 0.000000671. The van der Waals surface area contributed by atoms with Gasteiger partial charge in [-0.25, -0.2) is 0 Å². The molecule has 0 aromatic carbocycles. The zero-order valence-corrected chi connectivity index (χ0v) is 8.80. The van der Waals surface area contributed by atoms with E-state index in [1.807, 2.05) is 18.6 Å². The number of likely N-dealkylation sites (tertiary alicyclic amines) is 1. The Labute approximate surface area is 80.1 Å². The van der Waals surface area contributed by atoms with Gasteiger partial charge in [-0.1, -0.05) is 13.8 Å². The lowest BCUT2D eigenvalue weighted by atomic mass is 9.82. The van der Waals surface area contributed by atoms with Crippen LogP contribution in [0.25, 0.3) is 0 Å². The molecule has 1 rings (SSSR count). The highest BCUT2D eigenvalue weighted by atomic mass is 16.2. The van der Waals surface area contributed by atoms with Gasteiger partial charge in [0.05, 0.1) is 0 Å². The lowest BCUT2D eigenvalue weighted by Crippen LogP contribution is -2.41. The second-order valence-electron chi connectivity index (χ2n) is 4.06. The summed E-state index contributed by atoms with van der Waals surface area (Å²) >= 11 is 0. The van der Waals surface area contributed by atoms with Crippen LogP contribution in [0.3, 0.4) is 0 Å². The Hall–Kier alpha value is -0.860. The van der Waals surface area contributed by atoms with Crippen molar-refractivity contribution < 1.29 is 9.59 Å². The van der Waals surface area contributed by atoms with Crippen LogP contribution in [-0.2, 0) is 9.59 Å². The molecule has 0 spiro atoms. The van der Waals surface area contributed by atoms with Gasteiger partial charge in [-0.05, 0) is 18.8 Å². The lowest BCUT2D eigenvalue weighted by molar-refractivity contribution is -0.136. The molecule has 76 valence electrons. The maximum absolute atomic E-state index is 11.4. The molecule has 1 heterocycles. The molecule has 0 aromatic rings. The average Bonchev–Trinajstić information content (AvgIpc) is 2.07. The summed E-state index contributed by atoms with van der Waals surface area (Å²) in [5.41, 5.74) is 0.239. The normalized spacial score (nSPS) is 20.5. The van der Waals surface area contributed by atoms with E-state index in [0.29, 0.717) is 5.91 Å². The van der Waals surface area contributed by atoms with E-state index in [9.17, 15) is 4.79 Å². The van der Waals surface area contributed by atoms with E-state index in [2.05, 4.69) is 13.8 Å². The van der Waals surface area contributed by atoms with Gasteiger partial charge in [-0.3, -0.25) is 4.79 Å². The summed E-state index contributed by atoms with van der Waals surface area (Å²) in [6.07, 6.45) is 1.87. The van der Waals surface area contributed by atoms with Gasteiger partial charge in [0.15, 0.2) is 0 Å². The summed E-state index contributed by atoms with van der Waals surface area (Å²) in [5, 5.41) is 0. The fourth-order valence-electron chi connectivity index (χ4n) is 1.51. The SMILES string of the molecule is C=O.CCN1CCC(C)(C)CC1=O. The number of piperidine rings is 1. The van der Waals surface area contributed by atoms with Crippen molar-refractivity contribution in [3.63, 3.8) is 0 Å². The largest absolute Gasteiger partial charge is 0.343 e. The lowest BCUT2D eigenvalue weighted by Gasteiger charge is -2.35. The summed E-state index contributed by atoms with van der Waals surface area (Å²) in [4.78, 5) is 21.3. The topological polar surface area (TPSA) is 37.4 Å². The Morgan fingerprint density at radius 2 is 2.00 bits per heavy atom. The third kappa shape index (κ3) is 3.57. The molecule has 3 heteroatoms. The van der Waals surface area contributed by atoms with Gasteiger partial charge < -0.3 is 9.69 Å². The van der Waals surface area contributed by atoms with Crippen molar-refractivity contribution in [1.29, 1.82) is 0 Å². The molecule has 13 heavy (non-hydrogen) atoms. The second-order valence-corrected chi connectivity index (χ2v) is 4.06. The highest BCUT2D eigenvalue weighted by molar-refractivity contribution is 5.77. The van der Waals surface area contributed by atoms with Crippen LogP contribution in [0.2, 0.25) is 0 Å². The first-order valence-electron chi connectivity index (χ1n) is 4.62. The summed E-state index contributed by atoms with van der Waals surface area (Å²) in [6, 6.07) is 0. The van der Waals surface area contributed by atoms with Crippen molar-refractivity contribution in [2.45, 2.75) is 33.6 Å². The van der Waals surface area contributed by atoms with E-state index in [1.165, 1.54) is 0 Å². The van der Waals surface area contributed by atoms with E-state index in [1.54, 1.807) is 0 Å². The third-order valence-corrected chi connectivity index (χ3v) is 2.42. The van der Waals surface area contributed by atoms with Crippen LogP contribution in [0, 0.1) is 5.41 Å². The number of amides is 1. The highest BCUT2D eigenvalue weighted by Gasteiger charge is 2.30. The van der Waals surface area contributed by atoms with E-state index >= 15 is 0 Å². The van der Waals surface area contributed by atoms with Crippen molar-refractivity contribution in [3.8, 4) is 0 Å². The second kappa shape index (κ2) is 5.00. The van der Waals surface area contributed by atoms with E-state index in [0.717, 1.165) is 25.9 Å². The molecule has 1 saturated heterocycles. The first-order chi connectivity index (χ1) is 6.05. The van der Waals surface area contributed by atoms with Crippen LogP contribution in [0.4, 0.5) is 0 Å². The first-order valence-corrected chi connectivity index (χ1v) is 4.62. The Morgan fingerprint density at radius 3 is 2.38 bits per heavy atom. The molecule has 0 atom stereocenters. The molecule has 1 aliphatic rings. The van der Waals surface area contributed by atoms with Gasteiger partial charge in [0.1, 0.15) is 6.79 Å². The number of hydrogen-bond donors (Lipinski definition) is 0. The molecule has 0 aliphatic carbocycles. The van der Waals surface area contributed by atoms with Crippen LogP contribution in [0.1, 0.15) is 33.6 Å². The van der Waals surface area contributed by atoms with Gasteiger partial charge in [0.25, 0.3) is 0 Å². The predicted octanol–water partition coefficient (Wildman–Crippen LogP) is 1.47. The van der Waals surface area contributed by atoms with Crippen molar-refractivity contribution >= 4 is 12.7 Å². The number of carbonyl (C=O) groups excluding carboxylic acids is 2. The number of rotatable bonds is 1. The van der Waals surface area contributed by atoms with E-state index in [4.69, 9.17) is 4.79 Å². The van der Waals surface area contributed by atoms with Crippen molar-refractivity contribution in [3.05, 3.63) is 0 Å². The first kappa shape index (κ1) is 12.1. The molecule has 0 aromatic heterocycles. The monoisotopic (exact) mass is 185 g/mol. The zero-order chi connectivity index (χ0) is 10.5. The fourth-order valence-corrected chi connectivity index (χ4v) is 1.51. The van der Waals surface area contributed by atoms with Crippen molar-refractivity contribution in [2.75, 3.05) is 13.1 Å². The number of nitrogens with zero attached hydrogens (tertiary/aromatic N) is 1. The number of carbonyl (C=O) groups is 2. The molecule has 0 bridgehead atoms. The highest BCUT2D eigenvalue weighted by Crippen LogP contribution is 2.30. The van der Waals surface area contributed by atoms with Gasteiger partial charge in [0, 0.05) is 19.5 Å². The predicted molar refractivity (Wildman–Crippen MR) is 52.4 cm³/mol. The standard InChI is InChI=1S/C9H17NO.CH2O/c1-4-10-6-5-9(2,3)7-8(10)11;1-2/h4-7H2,1-3H3;1H2. The third-order valence-electron chi connectivity index (χ3n) is 2.42. The minimum atomic E-state index is 0.239. The van der Waals surface area contributed by atoms with Crippen LogP contribution in [0.15, 0.2) is 0 Å². The molecule has 1 aliphatic heterocycles. The van der Waals surface area contributed by atoms with Gasteiger partial charge in [-0.2, -0.15) is 0 Å². The summed E-state index contributed by atoms with van der Waals surface area (Å²) in [7, 11) is 0. The molecule has 3 nitrogen and oxygen atoms in total. The van der Waals surface area contributed by atoms with Crippen LogP contribution in [0.5, 0.6) is 0 Å². The summed E-state index contributed by atoms with van der Waals surface area (Å²) < 4.78 is 0. The smallest absolute Gasteiger partial charge is 0.223 e. The quantitative estimate of drug-likeness (QED) is 0.620. The van der Waals surface area contributed by atoms with Crippen LogP contribution in [-0.4, -0.2) is 30.7 Å². The fraction of sp³-hybridized carbons (Fsp3) is 0.800. The molecule has 0 saturated carbocycles. The van der Waals surface area contributed by atoms with Crippen molar-refractivity contribution in [2.24, 2.45) is 5.41 Å². The number of hydrogen-bond acceptors (Lipinski definition) is 2. The van der Waals surface area contributed by atoms with Crippen LogP contribution < -0.4 is 0 Å². The van der Waals surface area contributed by atoms with Crippen molar-refractivity contribution in [1.82, 2.24) is 4.90 Å². The molecule has 0 radical (unpaired) electrons. The molecule has 1 amide bonds. The van der Waals surface area contributed by atoms with E-state index in [-0.39, 0.29) is 5.41 Å². The zero-order valence-electron chi connectivity index (χ0n) is 8.80. The minimum absolute atomic E-state index is 0.239. The molecular formula is C10H19NO2. The maximum Gasteiger partial charge on any atom is 0.223 e.